The smallest absolute Gasteiger partial charge is 0.252 e. The monoisotopic (exact) mass is 400 g/mol. The highest BCUT2D eigenvalue weighted by Crippen LogP contribution is 2.24. The Hall–Kier alpha value is -2.05. The minimum absolute atomic E-state index is 0.124. The number of nitrogens with zero attached hydrogens (tertiary/aromatic N) is 2. The molecule has 0 aliphatic heterocycles. The summed E-state index contributed by atoms with van der Waals surface area (Å²) in [5.74, 6) is 0.707. The van der Waals surface area contributed by atoms with E-state index < -0.39 is 0 Å². The number of carbonyl (C=O) groups is 1. The van der Waals surface area contributed by atoms with Crippen LogP contribution >= 0.6 is 23.1 Å². The van der Waals surface area contributed by atoms with Gasteiger partial charge in [0, 0.05) is 11.4 Å². The number of thiazole rings is 1. The summed E-state index contributed by atoms with van der Waals surface area (Å²) in [6.45, 7) is 4.97. The molecule has 0 spiro atoms. The van der Waals surface area contributed by atoms with E-state index in [1.165, 1.54) is 9.60 Å². The summed E-state index contributed by atoms with van der Waals surface area (Å²) in [6, 6.07) is 12.2. The van der Waals surface area contributed by atoms with Gasteiger partial charge in [0.25, 0.3) is 5.91 Å². The van der Waals surface area contributed by atoms with Crippen molar-refractivity contribution in [2.75, 3.05) is 13.4 Å². The Labute approximate surface area is 167 Å². The lowest BCUT2D eigenvalue weighted by molar-refractivity contribution is -0.117. The number of amides is 1. The van der Waals surface area contributed by atoms with Crippen LogP contribution in [0.2, 0.25) is 0 Å². The first kappa shape index (κ1) is 19.7. The lowest BCUT2D eigenvalue weighted by atomic mass is 10.1. The molecule has 0 fully saturated rings. The summed E-state index contributed by atoms with van der Waals surface area (Å²) >= 11 is 3.31. The quantitative estimate of drug-likeness (QED) is 0.557. The fourth-order valence-electron chi connectivity index (χ4n) is 3.08. The summed E-state index contributed by atoms with van der Waals surface area (Å²) in [5, 5.41) is 0. The molecule has 0 N–H and O–H groups in total. The zero-order valence-corrected chi connectivity index (χ0v) is 17.7. The third-order valence-corrected chi connectivity index (χ3v) is 6.14. The Morgan fingerprint density at radius 2 is 2.07 bits per heavy atom. The number of hydrogen-bond donors (Lipinski definition) is 0. The van der Waals surface area contributed by atoms with Gasteiger partial charge >= 0.3 is 0 Å². The van der Waals surface area contributed by atoms with Crippen molar-refractivity contribution in [3.8, 4) is 5.75 Å². The van der Waals surface area contributed by atoms with Gasteiger partial charge in [-0.3, -0.25) is 4.79 Å². The number of ether oxygens (including phenoxy) is 1. The molecule has 0 aliphatic carbocycles. The number of rotatable bonds is 6. The van der Waals surface area contributed by atoms with Crippen molar-refractivity contribution in [2.24, 2.45) is 4.99 Å². The van der Waals surface area contributed by atoms with E-state index in [1.807, 2.05) is 25.1 Å². The largest absolute Gasteiger partial charge is 0.496 e. The maximum absolute atomic E-state index is 12.6. The normalized spacial score (nSPS) is 11.9. The van der Waals surface area contributed by atoms with E-state index in [2.05, 4.69) is 40.9 Å². The zero-order chi connectivity index (χ0) is 19.4. The van der Waals surface area contributed by atoms with Gasteiger partial charge in [0.15, 0.2) is 4.80 Å². The van der Waals surface area contributed by atoms with Crippen LogP contribution in [0.3, 0.4) is 0 Å². The Bertz CT molecular complexity index is 1030. The molecule has 0 bridgehead atoms. The molecule has 3 rings (SSSR count). The molecule has 6 heteroatoms. The Morgan fingerprint density at radius 3 is 2.74 bits per heavy atom. The SMILES string of the molecule is CCCn1c(=NC(=O)Cc2ccc(OC)c(C)c2)sc2cc(SC)ccc21. The van der Waals surface area contributed by atoms with Gasteiger partial charge in [0.1, 0.15) is 5.75 Å². The highest BCUT2D eigenvalue weighted by atomic mass is 32.2. The van der Waals surface area contributed by atoms with Gasteiger partial charge < -0.3 is 9.30 Å². The predicted octanol–water partition coefficient (Wildman–Crippen LogP) is 4.82. The van der Waals surface area contributed by atoms with Gasteiger partial charge in [0.05, 0.1) is 23.7 Å². The maximum atomic E-state index is 12.6. The summed E-state index contributed by atoms with van der Waals surface area (Å²) in [5.41, 5.74) is 3.12. The number of aryl methyl sites for hydroxylation is 2. The number of aromatic nitrogens is 1. The van der Waals surface area contributed by atoms with E-state index in [9.17, 15) is 4.79 Å². The molecule has 0 atom stereocenters. The first-order valence-corrected chi connectivity index (χ1v) is 11.0. The molecule has 1 amide bonds. The number of thioether (sulfide) groups is 1. The molecule has 2 aromatic carbocycles. The van der Waals surface area contributed by atoms with Gasteiger partial charge in [-0.2, -0.15) is 4.99 Å². The number of fused-ring (bicyclic) bond motifs is 1. The Kier molecular flexibility index (Phi) is 6.39. The number of methoxy groups -OCH3 is 1. The lowest BCUT2D eigenvalue weighted by Crippen LogP contribution is -2.17. The lowest BCUT2D eigenvalue weighted by Gasteiger charge is -2.06. The standard InChI is InChI=1S/C21H24N2O2S2/c1-5-10-23-17-8-7-16(26-4)13-19(17)27-21(23)22-20(24)12-15-6-9-18(25-3)14(2)11-15/h6-9,11,13H,5,10,12H2,1-4H3. The van der Waals surface area contributed by atoms with Crippen molar-refractivity contribution in [1.82, 2.24) is 4.57 Å². The molecule has 0 saturated heterocycles. The summed E-state index contributed by atoms with van der Waals surface area (Å²) in [6.07, 6.45) is 3.36. The minimum atomic E-state index is -0.124. The van der Waals surface area contributed by atoms with Gasteiger partial charge in [-0.25, -0.2) is 0 Å². The Morgan fingerprint density at radius 1 is 1.26 bits per heavy atom. The molecule has 1 heterocycles. The number of carbonyl (C=O) groups excluding carboxylic acids is 1. The Balaban J connectivity index is 1.95. The van der Waals surface area contributed by atoms with Crippen LogP contribution in [0.15, 0.2) is 46.3 Å². The van der Waals surface area contributed by atoms with Crippen molar-refractivity contribution >= 4 is 39.2 Å². The first-order chi connectivity index (χ1) is 13.0. The fourth-order valence-corrected chi connectivity index (χ4v) is 4.70. The zero-order valence-electron chi connectivity index (χ0n) is 16.1. The second-order valence-corrected chi connectivity index (χ2v) is 8.24. The average molecular weight is 401 g/mol. The number of hydrogen-bond acceptors (Lipinski definition) is 4. The molecule has 0 aliphatic rings. The van der Waals surface area contributed by atoms with Crippen LogP contribution in [0.25, 0.3) is 10.2 Å². The van der Waals surface area contributed by atoms with Crippen LogP contribution in [0.5, 0.6) is 5.75 Å². The van der Waals surface area contributed by atoms with E-state index in [4.69, 9.17) is 4.74 Å². The molecule has 27 heavy (non-hydrogen) atoms. The molecule has 0 unspecified atom stereocenters. The van der Waals surface area contributed by atoms with Crippen molar-refractivity contribution < 1.29 is 9.53 Å². The van der Waals surface area contributed by atoms with Crippen molar-refractivity contribution in [2.45, 2.75) is 38.1 Å². The van der Waals surface area contributed by atoms with Crippen molar-refractivity contribution in [3.63, 3.8) is 0 Å². The highest BCUT2D eigenvalue weighted by Gasteiger charge is 2.10. The van der Waals surface area contributed by atoms with Crippen molar-refractivity contribution in [3.05, 3.63) is 52.3 Å². The van der Waals surface area contributed by atoms with E-state index >= 15 is 0 Å². The van der Waals surface area contributed by atoms with Gasteiger partial charge in [-0.05, 0) is 55.0 Å². The summed E-state index contributed by atoms with van der Waals surface area (Å²) in [4.78, 5) is 19.0. The molecule has 4 nitrogen and oxygen atoms in total. The van der Waals surface area contributed by atoms with Crippen LogP contribution in [0, 0.1) is 6.92 Å². The van der Waals surface area contributed by atoms with Crippen LogP contribution in [0.1, 0.15) is 24.5 Å². The molecular weight excluding hydrogens is 376 g/mol. The minimum Gasteiger partial charge on any atom is -0.496 e. The maximum Gasteiger partial charge on any atom is 0.252 e. The number of benzene rings is 2. The van der Waals surface area contributed by atoms with Crippen LogP contribution in [0.4, 0.5) is 0 Å². The molecule has 0 saturated carbocycles. The highest BCUT2D eigenvalue weighted by molar-refractivity contribution is 7.98. The second-order valence-electron chi connectivity index (χ2n) is 6.36. The first-order valence-electron chi connectivity index (χ1n) is 8.94. The van der Waals surface area contributed by atoms with E-state index in [0.29, 0.717) is 6.42 Å². The molecular formula is C21H24N2O2S2. The van der Waals surface area contributed by atoms with E-state index in [1.54, 1.807) is 30.2 Å². The topological polar surface area (TPSA) is 43.6 Å². The third-order valence-electron chi connectivity index (χ3n) is 4.37. The van der Waals surface area contributed by atoms with E-state index in [-0.39, 0.29) is 5.91 Å². The van der Waals surface area contributed by atoms with Crippen LogP contribution < -0.4 is 9.54 Å². The second kappa shape index (κ2) is 8.76. The van der Waals surface area contributed by atoms with Crippen LogP contribution in [-0.2, 0) is 17.8 Å². The third kappa shape index (κ3) is 4.45. The summed E-state index contributed by atoms with van der Waals surface area (Å²) < 4.78 is 8.61. The van der Waals surface area contributed by atoms with E-state index in [0.717, 1.165) is 40.2 Å². The predicted molar refractivity (Wildman–Crippen MR) is 114 cm³/mol. The van der Waals surface area contributed by atoms with Gasteiger partial charge in [0.2, 0.25) is 0 Å². The van der Waals surface area contributed by atoms with Crippen molar-refractivity contribution in [1.29, 1.82) is 0 Å². The molecule has 3 aromatic rings. The fraction of sp³-hybridized carbons (Fsp3) is 0.333. The average Bonchev–Trinajstić information content (AvgIpc) is 2.98. The summed E-state index contributed by atoms with van der Waals surface area (Å²) in [7, 11) is 1.65. The molecule has 142 valence electrons. The molecule has 1 aromatic heterocycles. The van der Waals surface area contributed by atoms with Gasteiger partial charge in [-0.15, -0.1) is 11.8 Å². The van der Waals surface area contributed by atoms with Gasteiger partial charge in [-0.1, -0.05) is 30.4 Å². The molecule has 0 radical (unpaired) electrons. The van der Waals surface area contributed by atoms with Crippen LogP contribution in [-0.4, -0.2) is 23.8 Å².